The van der Waals surface area contributed by atoms with Crippen LogP contribution in [0.5, 0.6) is 0 Å². The van der Waals surface area contributed by atoms with Gasteiger partial charge in [0.1, 0.15) is 11.2 Å². The highest BCUT2D eigenvalue weighted by Gasteiger charge is 2.23. The zero-order valence-corrected chi connectivity index (χ0v) is 43.8. The van der Waals surface area contributed by atoms with Crippen LogP contribution in [0.1, 0.15) is 52.7 Å². The van der Waals surface area contributed by atoms with Crippen LogP contribution in [0.2, 0.25) is 0 Å². The number of hydrogen-bond donors (Lipinski definition) is 0. The molecule has 3 aromatic heterocycles. The zero-order chi connectivity index (χ0) is 51.5. The largest absolute Gasteiger partial charge is 0.456 e. The van der Waals surface area contributed by atoms with E-state index in [1.54, 1.807) is 0 Å². The molecule has 0 atom stereocenters. The summed E-state index contributed by atoms with van der Waals surface area (Å²) in [6, 6.07) is 87.0. The molecule has 11 aromatic carbocycles. The Morgan fingerprint density at radius 1 is 0.303 bits per heavy atom. The summed E-state index contributed by atoms with van der Waals surface area (Å²) in [5, 5.41) is 9.54. The van der Waals surface area contributed by atoms with Crippen molar-refractivity contribution >= 4 is 105 Å². The van der Waals surface area contributed by atoms with Crippen molar-refractivity contribution in [2.45, 2.75) is 52.4 Å². The van der Waals surface area contributed by atoms with Gasteiger partial charge in [-0.3, -0.25) is 0 Å². The predicted octanol–water partition coefficient (Wildman–Crippen LogP) is 20.8. The average Bonchev–Trinajstić information content (AvgIpc) is 4.09. The predicted molar refractivity (Wildman–Crippen MR) is 324 cm³/mol. The van der Waals surface area contributed by atoms with Gasteiger partial charge in [0, 0.05) is 72.5 Å². The van der Waals surface area contributed by atoms with Crippen LogP contribution in [-0.4, -0.2) is 4.40 Å². The molecule has 3 heterocycles. The third-order valence-corrected chi connectivity index (χ3v) is 15.8. The topological polar surface area (TPSA) is 24.0 Å². The molecule has 0 aliphatic heterocycles. The Bertz CT molecular complexity index is 4480. The van der Waals surface area contributed by atoms with Crippen molar-refractivity contribution in [2.75, 3.05) is 9.80 Å². The van der Waals surface area contributed by atoms with Crippen molar-refractivity contribution < 1.29 is 4.42 Å². The highest BCUT2D eigenvalue weighted by molar-refractivity contribution is 6.25. The summed E-state index contributed by atoms with van der Waals surface area (Å²) in [5.41, 5.74) is 19.4. The lowest BCUT2D eigenvalue weighted by atomic mass is 9.87. The lowest BCUT2D eigenvalue weighted by molar-refractivity contribution is 0.590. The lowest BCUT2D eigenvalue weighted by Gasteiger charge is -2.27. The van der Waals surface area contributed by atoms with Gasteiger partial charge in [-0.1, -0.05) is 175 Å². The SMILES string of the molecule is CC(C)(C)c1ccc(N(c2ccc(-c3ccccc3)cc2)c2ccc3c(c2)oc2cc4cc5c(cc4cc23)c2cccc3c4ccc(N(c6ccc(-c7ccccc7)cc6)c6ccc(C(C)(C)C)cc6)cc4n5c32)cc1. The quantitative estimate of drug-likeness (QED) is 0.152. The number of para-hydroxylation sites is 1. The van der Waals surface area contributed by atoms with Gasteiger partial charge in [0.2, 0.25) is 0 Å². The molecule has 4 heteroatoms. The van der Waals surface area contributed by atoms with Crippen molar-refractivity contribution in [1.29, 1.82) is 0 Å². The smallest absolute Gasteiger partial charge is 0.137 e. The Hall–Kier alpha value is -9.12. The molecule has 0 N–H and O–H groups in total. The van der Waals surface area contributed by atoms with E-state index in [0.717, 1.165) is 61.4 Å². The van der Waals surface area contributed by atoms with Crippen molar-refractivity contribution in [1.82, 2.24) is 4.40 Å². The molecule has 0 radical (unpaired) electrons. The van der Waals surface area contributed by atoms with E-state index in [4.69, 9.17) is 4.42 Å². The molecule has 0 bridgehead atoms. The number of anilines is 6. The van der Waals surface area contributed by atoms with Crippen LogP contribution >= 0.6 is 0 Å². The van der Waals surface area contributed by atoms with E-state index in [9.17, 15) is 0 Å². The molecule has 0 amide bonds. The van der Waals surface area contributed by atoms with Gasteiger partial charge in [-0.05, 0) is 152 Å². The van der Waals surface area contributed by atoms with Gasteiger partial charge in [0.15, 0.2) is 0 Å². The maximum atomic E-state index is 6.90. The molecular weight excluding hydrogens is 923 g/mol. The van der Waals surface area contributed by atoms with E-state index in [-0.39, 0.29) is 10.8 Å². The monoisotopic (exact) mass is 979 g/mol. The molecule has 14 rings (SSSR count). The number of hydrogen-bond acceptors (Lipinski definition) is 3. The average molecular weight is 980 g/mol. The number of fused-ring (bicyclic) bond motifs is 10. The van der Waals surface area contributed by atoms with Gasteiger partial charge in [-0.2, -0.15) is 0 Å². The van der Waals surface area contributed by atoms with Crippen LogP contribution in [0.25, 0.3) is 93.1 Å². The van der Waals surface area contributed by atoms with Crippen LogP contribution in [-0.2, 0) is 10.8 Å². The fourth-order valence-corrected chi connectivity index (χ4v) is 11.7. The van der Waals surface area contributed by atoms with Gasteiger partial charge in [-0.25, -0.2) is 0 Å². The summed E-state index contributed by atoms with van der Waals surface area (Å²) >= 11 is 0. The summed E-state index contributed by atoms with van der Waals surface area (Å²) in [5.74, 6) is 0. The van der Waals surface area contributed by atoms with Crippen molar-refractivity contribution in [3.05, 3.63) is 248 Å². The van der Waals surface area contributed by atoms with Crippen LogP contribution in [0, 0.1) is 0 Å². The maximum Gasteiger partial charge on any atom is 0.137 e. The number of furan rings is 1. The second-order valence-corrected chi connectivity index (χ2v) is 22.7. The van der Waals surface area contributed by atoms with E-state index >= 15 is 0 Å². The standard InChI is InChI=1S/C72H57N3O/c1-71(2,3)52-24-32-56(33-25-52)73(54-28-20-48(21-29-54)46-14-9-7-10-15-46)58-36-38-60-62-18-13-19-63-64-40-50-41-65-61-39-37-59(45-69(61)76-68(65)43-51(50)42-66(64)75(70(62)63)67(60)44-58)74(57-34-26-53(27-35-57)72(4,5)6)55-30-22-49(23-31-55)47-16-11-8-12-17-47/h7-45H,1-6H3. The first-order valence-corrected chi connectivity index (χ1v) is 26.6. The minimum Gasteiger partial charge on any atom is -0.456 e. The Balaban J connectivity index is 0.894. The molecule has 4 nitrogen and oxygen atoms in total. The van der Waals surface area contributed by atoms with E-state index in [1.165, 1.54) is 76.9 Å². The number of benzene rings is 11. The number of aromatic nitrogens is 1. The van der Waals surface area contributed by atoms with Gasteiger partial charge in [0.25, 0.3) is 0 Å². The van der Waals surface area contributed by atoms with E-state index in [0.29, 0.717) is 0 Å². The Kier molecular flexibility index (Phi) is 10.3. The fourth-order valence-electron chi connectivity index (χ4n) is 11.7. The Labute approximate surface area is 443 Å². The van der Waals surface area contributed by atoms with Crippen LogP contribution in [0.3, 0.4) is 0 Å². The first kappa shape index (κ1) is 45.5. The number of rotatable bonds is 8. The molecule has 366 valence electrons. The third-order valence-electron chi connectivity index (χ3n) is 15.8. The molecule has 0 spiro atoms. The molecule has 0 saturated heterocycles. The molecule has 0 fully saturated rings. The minimum atomic E-state index is 0.0453. The van der Waals surface area contributed by atoms with Crippen LogP contribution in [0.4, 0.5) is 34.1 Å². The Morgan fingerprint density at radius 3 is 1.24 bits per heavy atom. The van der Waals surface area contributed by atoms with Gasteiger partial charge >= 0.3 is 0 Å². The summed E-state index contributed by atoms with van der Waals surface area (Å²) in [7, 11) is 0. The number of nitrogens with zero attached hydrogens (tertiary/aromatic N) is 3. The maximum absolute atomic E-state index is 6.90. The van der Waals surface area contributed by atoms with Gasteiger partial charge in [-0.15, -0.1) is 0 Å². The van der Waals surface area contributed by atoms with Crippen LogP contribution in [0.15, 0.2) is 241 Å². The first-order chi connectivity index (χ1) is 36.9. The molecule has 76 heavy (non-hydrogen) atoms. The van der Waals surface area contributed by atoms with E-state index in [2.05, 4.69) is 292 Å². The molecule has 0 unspecified atom stereocenters. The Morgan fingerprint density at radius 2 is 0.711 bits per heavy atom. The van der Waals surface area contributed by atoms with Gasteiger partial charge in [0.05, 0.1) is 16.6 Å². The molecule has 0 aliphatic carbocycles. The molecule has 0 saturated carbocycles. The van der Waals surface area contributed by atoms with Crippen molar-refractivity contribution in [3.63, 3.8) is 0 Å². The molecular formula is C72H57N3O. The lowest BCUT2D eigenvalue weighted by Crippen LogP contribution is -2.13. The van der Waals surface area contributed by atoms with E-state index < -0.39 is 0 Å². The van der Waals surface area contributed by atoms with Crippen molar-refractivity contribution in [2.24, 2.45) is 0 Å². The van der Waals surface area contributed by atoms with Crippen molar-refractivity contribution in [3.8, 4) is 22.3 Å². The summed E-state index contributed by atoms with van der Waals surface area (Å²) in [4.78, 5) is 4.74. The highest BCUT2D eigenvalue weighted by Crippen LogP contribution is 2.46. The summed E-state index contributed by atoms with van der Waals surface area (Å²) in [6.45, 7) is 13.6. The third kappa shape index (κ3) is 7.58. The second kappa shape index (κ2) is 17.2. The molecule has 14 aromatic rings. The fraction of sp³-hybridized carbons (Fsp3) is 0.111. The van der Waals surface area contributed by atoms with E-state index in [1.807, 2.05) is 0 Å². The second-order valence-electron chi connectivity index (χ2n) is 22.7. The highest BCUT2D eigenvalue weighted by atomic mass is 16.3. The summed E-state index contributed by atoms with van der Waals surface area (Å²) < 4.78 is 9.41. The zero-order valence-electron chi connectivity index (χ0n) is 43.8. The molecule has 0 aliphatic rings. The van der Waals surface area contributed by atoms with Crippen LogP contribution < -0.4 is 9.80 Å². The van der Waals surface area contributed by atoms with Gasteiger partial charge < -0.3 is 18.6 Å². The normalized spacial score (nSPS) is 12.3. The first-order valence-electron chi connectivity index (χ1n) is 26.6. The summed E-state index contributed by atoms with van der Waals surface area (Å²) in [6.07, 6.45) is 0. The minimum absolute atomic E-state index is 0.0453.